The van der Waals surface area contributed by atoms with Crippen molar-refractivity contribution in [3.63, 3.8) is 0 Å². The van der Waals surface area contributed by atoms with Crippen LogP contribution in [0.15, 0.2) is 48.7 Å². The van der Waals surface area contributed by atoms with Gasteiger partial charge in [-0.25, -0.2) is 9.37 Å². The van der Waals surface area contributed by atoms with Crippen molar-refractivity contribution < 1.29 is 4.39 Å². The zero-order chi connectivity index (χ0) is 16.4. The van der Waals surface area contributed by atoms with Gasteiger partial charge in [-0.2, -0.15) is 0 Å². The molecule has 3 nitrogen and oxygen atoms in total. The van der Waals surface area contributed by atoms with E-state index >= 15 is 0 Å². The van der Waals surface area contributed by atoms with Gasteiger partial charge >= 0.3 is 0 Å². The van der Waals surface area contributed by atoms with Crippen LogP contribution in [0.25, 0.3) is 11.3 Å². The smallest absolute Gasteiger partial charge is 0.203 e. The van der Waals surface area contributed by atoms with Crippen LogP contribution < -0.4 is 5.32 Å². The molecule has 0 bridgehead atoms. The van der Waals surface area contributed by atoms with E-state index in [0.717, 1.165) is 16.8 Å². The number of aromatic nitrogens is 2. The lowest BCUT2D eigenvalue weighted by molar-refractivity contribution is 0.628. The van der Waals surface area contributed by atoms with Crippen LogP contribution in [-0.2, 0) is 13.6 Å². The molecule has 0 aliphatic rings. The van der Waals surface area contributed by atoms with E-state index in [-0.39, 0.29) is 5.82 Å². The first kappa shape index (κ1) is 15.8. The summed E-state index contributed by atoms with van der Waals surface area (Å²) in [6.07, 6.45) is 1.75. The SMILES string of the molecule is Cn1c(-c2ccc(F)cc2)cnc1NCc1cccc(Cl)c1Cl. The highest BCUT2D eigenvalue weighted by molar-refractivity contribution is 6.42. The van der Waals surface area contributed by atoms with Gasteiger partial charge in [0.2, 0.25) is 5.95 Å². The van der Waals surface area contributed by atoms with Gasteiger partial charge in [-0.05, 0) is 35.9 Å². The summed E-state index contributed by atoms with van der Waals surface area (Å²) in [5, 5.41) is 4.30. The van der Waals surface area contributed by atoms with Crippen molar-refractivity contribution in [2.24, 2.45) is 7.05 Å². The second-order valence-corrected chi connectivity index (χ2v) is 5.88. The molecule has 118 valence electrons. The van der Waals surface area contributed by atoms with E-state index in [2.05, 4.69) is 10.3 Å². The number of nitrogens with zero attached hydrogens (tertiary/aromatic N) is 2. The quantitative estimate of drug-likeness (QED) is 0.706. The van der Waals surface area contributed by atoms with E-state index in [4.69, 9.17) is 23.2 Å². The summed E-state index contributed by atoms with van der Waals surface area (Å²) in [5.74, 6) is 0.435. The third-order valence-electron chi connectivity index (χ3n) is 3.60. The summed E-state index contributed by atoms with van der Waals surface area (Å²) in [7, 11) is 1.90. The van der Waals surface area contributed by atoms with Crippen molar-refractivity contribution in [1.82, 2.24) is 9.55 Å². The molecule has 0 amide bonds. The number of nitrogens with one attached hydrogen (secondary N) is 1. The lowest BCUT2D eigenvalue weighted by Gasteiger charge is -2.10. The molecule has 1 heterocycles. The molecule has 0 saturated carbocycles. The van der Waals surface area contributed by atoms with Crippen LogP contribution >= 0.6 is 23.2 Å². The Labute approximate surface area is 143 Å². The lowest BCUT2D eigenvalue weighted by atomic mass is 10.2. The first-order chi connectivity index (χ1) is 11.1. The van der Waals surface area contributed by atoms with E-state index in [1.807, 2.05) is 23.7 Å². The minimum Gasteiger partial charge on any atom is -0.352 e. The van der Waals surface area contributed by atoms with Gasteiger partial charge in [-0.15, -0.1) is 0 Å². The fourth-order valence-electron chi connectivity index (χ4n) is 2.32. The fraction of sp³-hybridized carbons (Fsp3) is 0.118. The summed E-state index contributed by atoms with van der Waals surface area (Å²) in [4.78, 5) is 4.36. The molecule has 3 rings (SSSR count). The first-order valence-electron chi connectivity index (χ1n) is 7.00. The van der Waals surface area contributed by atoms with Crippen LogP contribution in [0.4, 0.5) is 10.3 Å². The van der Waals surface area contributed by atoms with Crippen molar-refractivity contribution in [1.29, 1.82) is 0 Å². The molecular formula is C17H14Cl2FN3. The Morgan fingerprint density at radius 3 is 2.61 bits per heavy atom. The van der Waals surface area contributed by atoms with Crippen LogP contribution in [0.2, 0.25) is 10.0 Å². The Morgan fingerprint density at radius 2 is 1.87 bits per heavy atom. The summed E-state index contributed by atoms with van der Waals surface area (Å²) < 4.78 is 14.9. The molecule has 0 saturated heterocycles. The highest BCUT2D eigenvalue weighted by Crippen LogP contribution is 2.27. The van der Waals surface area contributed by atoms with Crippen molar-refractivity contribution >= 4 is 29.2 Å². The molecule has 0 aliphatic heterocycles. The third-order valence-corrected chi connectivity index (χ3v) is 4.45. The van der Waals surface area contributed by atoms with Gasteiger partial charge in [-0.3, -0.25) is 0 Å². The summed E-state index contributed by atoms with van der Waals surface area (Å²) in [6, 6.07) is 11.8. The maximum Gasteiger partial charge on any atom is 0.203 e. The van der Waals surface area contributed by atoms with Gasteiger partial charge in [0.05, 0.1) is 21.9 Å². The largest absolute Gasteiger partial charge is 0.352 e. The number of rotatable bonds is 4. The average Bonchev–Trinajstić information content (AvgIpc) is 2.91. The van der Waals surface area contributed by atoms with Crippen LogP contribution in [0.1, 0.15) is 5.56 Å². The number of benzene rings is 2. The Hall–Kier alpha value is -2.04. The van der Waals surface area contributed by atoms with Crippen LogP contribution in [0, 0.1) is 5.82 Å². The molecule has 1 aromatic heterocycles. The predicted octanol–water partition coefficient (Wildman–Crippen LogP) is 5.15. The van der Waals surface area contributed by atoms with E-state index in [1.54, 1.807) is 24.4 Å². The fourth-order valence-corrected chi connectivity index (χ4v) is 2.71. The zero-order valence-corrected chi connectivity index (χ0v) is 13.9. The molecule has 2 aromatic carbocycles. The first-order valence-corrected chi connectivity index (χ1v) is 7.76. The molecule has 0 aliphatic carbocycles. The molecule has 6 heteroatoms. The molecule has 0 atom stereocenters. The number of anilines is 1. The van der Waals surface area contributed by atoms with E-state index in [9.17, 15) is 4.39 Å². The van der Waals surface area contributed by atoms with Gasteiger partial charge in [-0.1, -0.05) is 35.3 Å². The molecule has 1 N–H and O–H groups in total. The van der Waals surface area contributed by atoms with Crippen LogP contribution in [-0.4, -0.2) is 9.55 Å². The molecule has 3 aromatic rings. The van der Waals surface area contributed by atoms with Crippen LogP contribution in [0.5, 0.6) is 0 Å². The minimum atomic E-state index is -0.259. The average molecular weight is 350 g/mol. The Balaban J connectivity index is 1.80. The Morgan fingerprint density at radius 1 is 1.13 bits per heavy atom. The second-order valence-electron chi connectivity index (χ2n) is 5.10. The zero-order valence-electron chi connectivity index (χ0n) is 12.4. The number of imidazole rings is 1. The van der Waals surface area contributed by atoms with E-state index in [1.165, 1.54) is 12.1 Å². The summed E-state index contributed by atoms with van der Waals surface area (Å²) in [6.45, 7) is 0.507. The van der Waals surface area contributed by atoms with Gasteiger partial charge < -0.3 is 9.88 Å². The van der Waals surface area contributed by atoms with E-state index < -0.39 is 0 Å². The Kier molecular flexibility index (Phi) is 4.55. The maximum atomic E-state index is 13.0. The molecule has 0 fully saturated rings. The standard InChI is InChI=1S/C17H14Cl2FN3/c1-23-15(11-5-7-13(20)8-6-11)10-22-17(23)21-9-12-3-2-4-14(18)16(12)19/h2-8,10H,9H2,1H3,(H,21,22). The number of hydrogen-bond donors (Lipinski definition) is 1. The van der Waals surface area contributed by atoms with Gasteiger partial charge in [0.25, 0.3) is 0 Å². The molecule has 0 radical (unpaired) electrons. The minimum absolute atomic E-state index is 0.259. The van der Waals surface area contributed by atoms with Gasteiger partial charge in [0.15, 0.2) is 0 Å². The normalized spacial score (nSPS) is 10.8. The van der Waals surface area contributed by atoms with Crippen LogP contribution in [0.3, 0.4) is 0 Å². The van der Waals surface area contributed by atoms with Crippen molar-refractivity contribution in [3.8, 4) is 11.3 Å². The molecule has 23 heavy (non-hydrogen) atoms. The van der Waals surface area contributed by atoms with Crippen molar-refractivity contribution in [2.75, 3.05) is 5.32 Å². The highest BCUT2D eigenvalue weighted by atomic mass is 35.5. The van der Waals surface area contributed by atoms with Gasteiger partial charge in [0, 0.05) is 19.2 Å². The summed E-state index contributed by atoms with van der Waals surface area (Å²) >= 11 is 12.2. The third kappa shape index (κ3) is 3.33. The monoisotopic (exact) mass is 349 g/mol. The predicted molar refractivity (Wildman–Crippen MR) is 92.4 cm³/mol. The Bertz CT molecular complexity index is 828. The van der Waals surface area contributed by atoms with Gasteiger partial charge in [0.1, 0.15) is 5.82 Å². The van der Waals surface area contributed by atoms with Crippen molar-refractivity contribution in [3.05, 3.63) is 70.1 Å². The topological polar surface area (TPSA) is 29.9 Å². The number of hydrogen-bond acceptors (Lipinski definition) is 2. The maximum absolute atomic E-state index is 13.0. The second kappa shape index (κ2) is 6.60. The molecular weight excluding hydrogens is 336 g/mol. The van der Waals surface area contributed by atoms with Crippen molar-refractivity contribution in [2.45, 2.75) is 6.54 Å². The highest BCUT2D eigenvalue weighted by Gasteiger charge is 2.10. The molecule has 0 spiro atoms. The number of halogens is 3. The lowest BCUT2D eigenvalue weighted by Crippen LogP contribution is -2.06. The summed E-state index contributed by atoms with van der Waals surface area (Å²) in [5.41, 5.74) is 2.69. The molecule has 0 unspecified atom stereocenters. The van der Waals surface area contributed by atoms with E-state index in [0.29, 0.717) is 22.5 Å².